The maximum atomic E-state index is 12.1. The molecule has 0 bridgehead atoms. The molecule has 1 aromatic heterocycles. The highest BCUT2D eigenvalue weighted by Gasteiger charge is 2.14. The Morgan fingerprint density at radius 1 is 1.26 bits per heavy atom. The fraction of sp³-hybridized carbons (Fsp3) is 0.200. The molecule has 0 saturated heterocycles. The zero-order chi connectivity index (χ0) is 17.0. The third-order valence-electron chi connectivity index (χ3n) is 3.01. The van der Waals surface area contributed by atoms with Crippen LogP contribution in [0.15, 0.2) is 36.5 Å². The van der Waals surface area contributed by atoms with Crippen molar-refractivity contribution in [3.8, 4) is 5.75 Å². The molecule has 23 heavy (non-hydrogen) atoms. The summed E-state index contributed by atoms with van der Waals surface area (Å²) in [6.07, 6.45) is 1.32. The maximum absolute atomic E-state index is 12.1. The molecule has 1 aromatic carbocycles. The first-order valence-electron chi connectivity index (χ1n) is 6.53. The van der Waals surface area contributed by atoms with Crippen molar-refractivity contribution in [2.24, 2.45) is 0 Å². The summed E-state index contributed by atoms with van der Waals surface area (Å²) in [6, 6.07) is 7.07. The van der Waals surface area contributed by atoms with Crippen LogP contribution in [-0.2, 0) is 0 Å². The molecule has 0 saturated carbocycles. The average molecular weight is 361 g/mol. The van der Waals surface area contributed by atoms with Gasteiger partial charge in [0.15, 0.2) is 0 Å². The number of hydrogen-bond donors (Lipinski definition) is 1. The lowest BCUT2D eigenvalue weighted by atomic mass is 10.1. The largest absolute Gasteiger partial charge is 0.435 e. The van der Waals surface area contributed by atoms with Crippen molar-refractivity contribution in [2.45, 2.75) is 19.6 Å². The summed E-state index contributed by atoms with van der Waals surface area (Å²) >= 11 is 11.5. The van der Waals surface area contributed by atoms with Gasteiger partial charge in [-0.3, -0.25) is 4.79 Å². The summed E-state index contributed by atoms with van der Waals surface area (Å²) in [7, 11) is 0. The van der Waals surface area contributed by atoms with Gasteiger partial charge in [0.2, 0.25) is 0 Å². The second-order valence-corrected chi connectivity index (χ2v) is 5.40. The minimum atomic E-state index is -2.87. The number of alkyl halides is 2. The van der Waals surface area contributed by atoms with Crippen molar-refractivity contribution in [2.75, 3.05) is 0 Å². The summed E-state index contributed by atoms with van der Waals surface area (Å²) in [4.78, 5) is 15.9. The van der Waals surface area contributed by atoms with Gasteiger partial charge in [-0.05, 0) is 30.7 Å². The number of nitrogens with zero attached hydrogens (tertiary/aromatic N) is 1. The van der Waals surface area contributed by atoms with Crippen molar-refractivity contribution in [1.29, 1.82) is 0 Å². The van der Waals surface area contributed by atoms with Crippen LogP contribution in [0.5, 0.6) is 5.75 Å². The summed E-state index contributed by atoms with van der Waals surface area (Å²) in [5, 5.41) is 3.05. The second kappa shape index (κ2) is 7.57. The molecule has 0 aliphatic heterocycles. The molecule has 0 radical (unpaired) electrons. The van der Waals surface area contributed by atoms with Crippen LogP contribution >= 0.6 is 23.2 Å². The molecule has 0 aliphatic carbocycles. The van der Waals surface area contributed by atoms with Gasteiger partial charge in [-0.15, -0.1) is 0 Å². The number of halogens is 4. The summed E-state index contributed by atoms with van der Waals surface area (Å²) < 4.78 is 28.5. The van der Waals surface area contributed by atoms with E-state index in [-0.39, 0.29) is 33.4 Å². The molecule has 8 heteroatoms. The molecular formula is C15H12Cl2F2N2O2. The number of ether oxygens (including phenoxy) is 1. The van der Waals surface area contributed by atoms with Gasteiger partial charge in [-0.25, -0.2) is 4.98 Å². The predicted octanol–water partition coefficient (Wildman–Crippen LogP) is 4.48. The third kappa shape index (κ3) is 4.77. The predicted molar refractivity (Wildman–Crippen MR) is 83.2 cm³/mol. The highest BCUT2D eigenvalue weighted by Crippen LogP contribution is 2.21. The van der Waals surface area contributed by atoms with Gasteiger partial charge in [0.1, 0.15) is 10.9 Å². The first-order valence-corrected chi connectivity index (χ1v) is 7.29. The van der Waals surface area contributed by atoms with Crippen molar-refractivity contribution in [1.82, 2.24) is 10.3 Å². The van der Waals surface area contributed by atoms with Crippen LogP contribution in [0.25, 0.3) is 0 Å². The second-order valence-electron chi connectivity index (χ2n) is 4.64. The van der Waals surface area contributed by atoms with Gasteiger partial charge < -0.3 is 10.1 Å². The SMILES string of the molecule is C[C@@H](NC(=O)c1cnc(Cl)c(Cl)c1)c1ccc(OC(F)F)cc1. The number of carbonyl (C=O) groups excluding carboxylic acids is 1. The molecule has 2 aromatic rings. The fourth-order valence-corrected chi connectivity index (χ4v) is 2.12. The van der Waals surface area contributed by atoms with Crippen LogP contribution in [0.2, 0.25) is 10.2 Å². The van der Waals surface area contributed by atoms with Gasteiger partial charge in [0, 0.05) is 6.20 Å². The third-order valence-corrected chi connectivity index (χ3v) is 3.70. The Hall–Kier alpha value is -1.92. The minimum absolute atomic E-state index is 0.0518. The highest BCUT2D eigenvalue weighted by atomic mass is 35.5. The number of rotatable bonds is 5. The van der Waals surface area contributed by atoms with E-state index in [2.05, 4.69) is 15.0 Å². The molecule has 4 nitrogen and oxygen atoms in total. The smallest absolute Gasteiger partial charge is 0.387 e. The summed E-state index contributed by atoms with van der Waals surface area (Å²) in [6.45, 7) is -1.12. The first-order chi connectivity index (χ1) is 10.9. The molecule has 1 N–H and O–H groups in total. The standard InChI is InChI=1S/C15H12Cl2F2N2O2/c1-8(9-2-4-11(5-3-9)23-15(18)19)21-14(22)10-6-12(16)13(17)20-7-10/h2-8,15H,1H3,(H,21,22)/t8-/m1/s1. The molecule has 122 valence electrons. The Labute approximate surface area is 141 Å². The molecule has 1 amide bonds. The van der Waals surface area contributed by atoms with Crippen LogP contribution in [-0.4, -0.2) is 17.5 Å². The van der Waals surface area contributed by atoms with E-state index in [0.717, 1.165) is 5.56 Å². The van der Waals surface area contributed by atoms with E-state index in [1.807, 2.05) is 0 Å². The molecule has 2 rings (SSSR count). The Bertz CT molecular complexity index is 696. The number of pyridine rings is 1. The normalized spacial score (nSPS) is 12.1. The van der Waals surface area contributed by atoms with Gasteiger partial charge in [-0.1, -0.05) is 35.3 Å². The molecule has 0 aliphatic rings. The lowest BCUT2D eigenvalue weighted by molar-refractivity contribution is -0.0498. The van der Waals surface area contributed by atoms with E-state index in [4.69, 9.17) is 23.2 Å². The topological polar surface area (TPSA) is 51.2 Å². The van der Waals surface area contributed by atoms with Gasteiger partial charge in [0.25, 0.3) is 5.91 Å². The van der Waals surface area contributed by atoms with Gasteiger partial charge in [0.05, 0.1) is 16.6 Å². The number of nitrogens with one attached hydrogen (secondary N) is 1. The van der Waals surface area contributed by atoms with E-state index in [0.29, 0.717) is 0 Å². The van der Waals surface area contributed by atoms with E-state index >= 15 is 0 Å². The molecule has 0 unspecified atom stereocenters. The van der Waals surface area contributed by atoms with Crippen LogP contribution in [0.3, 0.4) is 0 Å². The van der Waals surface area contributed by atoms with E-state index in [9.17, 15) is 13.6 Å². The maximum Gasteiger partial charge on any atom is 0.387 e. The van der Waals surface area contributed by atoms with Crippen LogP contribution in [0.1, 0.15) is 28.9 Å². The fourth-order valence-electron chi connectivity index (χ4n) is 1.85. The molecule has 1 atom stereocenters. The molecule has 1 heterocycles. The average Bonchev–Trinajstić information content (AvgIpc) is 2.50. The Morgan fingerprint density at radius 2 is 1.91 bits per heavy atom. The number of benzene rings is 1. The van der Waals surface area contributed by atoms with Gasteiger partial charge in [-0.2, -0.15) is 8.78 Å². The quantitative estimate of drug-likeness (QED) is 0.799. The Morgan fingerprint density at radius 3 is 2.48 bits per heavy atom. The first kappa shape index (κ1) is 17.4. The molecule has 0 fully saturated rings. The lowest BCUT2D eigenvalue weighted by Crippen LogP contribution is -2.26. The summed E-state index contributed by atoms with van der Waals surface area (Å²) in [5.74, 6) is -0.326. The Balaban J connectivity index is 2.04. The zero-order valence-corrected chi connectivity index (χ0v) is 13.4. The number of hydrogen-bond acceptors (Lipinski definition) is 3. The number of carbonyl (C=O) groups is 1. The zero-order valence-electron chi connectivity index (χ0n) is 11.9. The van der Waals surface area contributed by atoms with Crippen molar-refractivity contribution >= 4 is 29.1 Å². The monoisotopic (exact) mass is 360 g/mol. The molecule has 0 spiro atoms. The molecular weight excluding hydrogens is 349 g/mol. The highest BCUT2D eigenvalue weighted by molar-refractivity contribution is 6.41. The van der Waals surface area contributed by atoms with Crippen LogP contribution in [0, 0.1) is 0 Å². The van der Waals surface area contributed by atoms with Crippen LogP contribution < -0.4 is 10.1 Å². The van der Waals surface area contributed by atoms with Crippen molar-refractivity contribution < 1.29 is 18.3 Å². The van der Waals surface area contributed by atoms with E-state index < -0.39 is 6.61 Å². The summed E-state index contributed by atoms with van der Waals surface area (Å²) in [5.41, 5.74) is 0.997. The van der Waals surface area contributed by atoms with E-state index in [1.165, 1.54) is 24.4 Å². The van der Waals surface area contributed by atoms with Crippen molar-refractivity contribution in [3.05, 3.63) is 57.8 Å². The Kier molecular flexibility index (Phi) is 5.74. The van der Waals surface area contributed by atoms with Crippen molar-refractivity contribution in [3.63, 3.8) is 0 Å². The van der Waals surface area contributed by atoms with Gasteiger partial charge >= 0.3 is 6.61 Å². The number of amides is 1. The van der Waals surface area contributed by atoms with E-state index in [1.54, 1.807) is 19.1 Å². The minimum Gasteiger partial charge on any atom is -0.435 e. The lowest BCUT2D eigenvalue weighted by Gasteiger charge is -2.15. The van der Waals surface area contributed by atoms with Crippen LogP contribution in [0.4, 0.5) is 8.78 Å². The number of aromatic nitrogens is 1.